The van der Waals surface area contributed by atoms with Crippen molar-refractivity contribution in [3.05, 3.63) is 35.1 Å². The van der Waals surface area contributed by atoms with E-state index in [4.69, 9.17) is 11.6 Å². The van der Waals surface area contributed by atoms with Crippen LogP contribution in [0.25, 0.3) is 0 Å². The lowest BCUT2D eigenvalue weighted by Crippen LogP contribution is -2.34. The molecule has 0 spiro atoms. The molecule has 0 fully saturated rings. The lowest BCUT2D eigenvalue weighted by atomic mass is 10.1. The predicted octanol–water partition coefficient (Wildman–Crippen LogP) is 3.98. The van der Waals surface area contributed by atoms with Gasteiger partial charge in [-0.15, -0.1) is 11.6 Å². The minimum Gasteiger partial charge on any atom is -0.349 e. The van der Waals surface area contributed by atoms with Crippen molar-refractivity contribution in [1.82, 2.24) is 5.32 Å². The first-order valence-corrected chi connectivity index (χ1v) is 6.56. The quantitative estimate of drug-likeness (QED) is 0.647. The molecular weight excluding hydrogens is 298 g/mol. The van der Waals surface area contributed by atoms with Gasteiger partial charge in [0.1, 0.15) is 5.82 Å². The molecular formula is C13H14ClF4NO. The maximum atomic E-state index is 13.1. The normalized spacial score (nSPS) is 13.1. The third kappa shape index (κ3) is 4.37. The Bertz CT molecular complexity index is 476. The van der Waals surface area contributed by atoms with Crippen LogP contribution in [0.3, 0.4) is 0 Å². The summed E-state index contributed by atoms with van der Waals surface area (Å²) in [5.41, 5.74) is -1.68. The van der Waals surface area contributed by atoms with Gasteiger partial charge in [-0.05, 0) is 31.0 Å². The van der Waals surface area contributed by atoms with E-state index in [0.29, 0.717) is 30.9 Å². The zero-order valence-corrected chi connectivity index (χ0v) is 11.5. The second kappa shape index (κ2) is 6.92. The zero-order valence-electron chi connectivity index (χ0n) is 10.7. The Balaban J connectivity index is 2.94. The summed E-state index contributed by atoms with van der Waals surface area (Å²) in [6, 6.07) is 1.95. The summed E-state index contributed by atoms with van der Waals surface area (Å²) >= 11 is 5.56. The zero-order chi connectivity index (χ0) is 15.3. The Morgan fingerprint density at radius 1 is 1.40 bits per heavy atom. The lowest BCUT2D eigenvalue weighted by Gasteiger charge is -2.16. The molecule has 112 valence electrons. The van der Waals surface area contributed by atoms with Gasteiger partial charge in [-0.1, -0.05) is 6.92 Å². The summed E-state index contributed by atoms with van der Waals surface area (Å²) in [5, 5.41) is 2.57. The molecule has 0 radical (unpaired) electrons. The van der Waals surface area contributed by atoms with Gasteiger partial charge >= 0.3 is 6.18 Å². The second-order valence-electron chi connectivity index (χ2n) is 4.25. The smallest absolute Gasteiger partial charge is 0.349 e. The third-order valence-electron chi connectivity index (χ3n) is 2.82. The third-order valence-corrected chi connectivity index (χ3v) is 3.04. The topological polar surface area (TPSA) is 29.1 Å². The number of carbonyl (C=O) groups excluding carboxylic acids is 1. The summed E-state index contributed by atoms with van der Waals surface area (Å²) in [6.45, 7) is 1.82. The molecule has 0 aromatic heterocycles. The summed E-state index contributed by atoms with van der Waals surface area (Å²) in [4.78, 5) is 11.8. The first-order valence-electron chi connectivity index (χ1n) is 6.03. The molecule has 0 saturated heterocycles. The van der Waals surface area contributed by atoms with Crippen molar-refractivity contribution in [3.8, 4) is 0 Å². The highest BCUT2D eigenvalue weighted by atomic mass is 35.5. The highest BCUT2D eigenvalue weighted by Gasteiger charge is 2.34. The van der Waals surface area contributed by atoms with Gasteiger partial charge in [0.05, 0.1) is 5.56 Å². The molecule has 1 atom stereocenters. The minimum atomic E-state index is -4.83. The van der Waals surface area contributed by atoms with E-state index in [1.165, 1.54) is 0 Å². The fourth-order valence-corrected chi connectivity index (χ4v) is 1.93. The number of hydrogen-bond acceptors (Lipinski definition) is 1. The van der Waals surface area contributed by atoms with Gasteiger partial charge in [0.2, 0.25) is 0 Å². The molecule has 1 amide bonds. The molecule has 1 rings (SSSR count). The highest BCUT2D eigenvalue weighted by molar-refractivity contribution is 6.17. The Morgan fingerprint density at radius 3 is 2.55 bits per heavy atom. The van der Waals surface area contributed by atoms with Crippen LogP contribution in [0.4, 0.5) is 17.6 Å². The molecule has 1 aromatic carbocycles. The maximum Gasteiger partial charge on any atom is 0.419 e. The van der Waals surface area contributed by atoms with E-state index in [1.54, 1.807) is 0 Å². The molecule has 7 heteroatoms. The average Bonchev–Trinajstić information content (AvgIpc) is 2.37. The predicted molar refractivity (Wildman–Crippen MR) is 68.3 cm³/mol. The number of carbonyl (C=O) groups is 1. The number of alkyl halides is 4. The summed E-state index contributed by atoms with van der Waals surface area (Å²) in [5.74, 6) is -1.75. The number of amides is 1. The van der Waals surface area contributed by atoms with Gasteiger partial charge in [0.25, 0.3) is 5.91 Å². The molecule has 1 N–H and O–H groups in total. The van der Waals surface area contributed by atoms with Crippen LogP contribution in [0.1, 0.15) is 35.7 Å². The fraction of sp³-hybridized carbons (Fsp3) is 0.462. The number of nitrogens with one attached hydrogen (secondary N) is 1. The van der Waals surface area contributed by atoms with Crippen molar-refractivity contribution in [2.24, 2.45) is 0 Å². The Morgan fingerprint density at radius 2 is 2.05 bits per heavy atom. The van der Waals surface area contributed by atoms with Crippen molar-refractivity contribution in [2.45, 2.75) is 32.0 Å². The monoisotopic (exact) mass is 311 g/mol. The first-order chi connectivity index (χ1) is 9.29. The van der Waals surface area contributed by atoms with Crippen LogP contribution in [0.15, 0.2) is 18.2 Å². The molecule has 0 aliphatic rings. The average molecular weight is 312 g/mol. The molecule has 0 bridgehead atoms. The van der Waals surface area contributed by atoms with Gasteiger partial charge in [0, 0.05) is 17.5 Å². The first kappa shape index (κ1) is 16.8. The van der Waals surface area contributed by atoms with Crippen molar-refractivity contribution in [3.63, 3.8) is 0 Å². The minimum absolute atomic E-state index is 0.223. The molecule has 2 nitrogen and oxygen atoms in total. The van der Waals surface area contributed by atoms with E-state index >= 15 is 0 Å². The maximum absolute atomic E-state index is 13.1. The van der Waals surface area contributed by atoms with Crippen LogP contribution >= 0.6 is 11.6 Å². The summed E-state index contributed by atoms with van der Waals surface area (Å²) in [6.07, 6.45) is -3.72. The van der Waals surface area contributed by atoms with Crippen molar-refractivity contribution < 1.29 is 22.4 Å². The molecule has 1 aromatic rings. The van der Waals surface area contributed by atoms with Gasteiger partial charge in [0.15, 0.2) is 0 Å². The Labute approximate surface area is 119 Å². The van der Waals surface area contributed by atoms with Crippen LogP contribution in [0, 0.1) is 5.82 Å². The highest BCUT2D eigenvalue weighted by Crippen LogP contribution is 2.31. The van der Waals surface area contributed by atoms with Crippen LogP contribution in [-0.4, -0.2) is 17.8 Å². The molecule has 0 heterocycles. The van der Waals surface area contributed by atoms with Gasteiger partial charge in [-0.2, -0.15) is 13.2 Å². The van der Waals surface area contributed by atoms with E-state index in [2.05, 4.69) is 5.32 Å². The number of halogens is 5. The lowest BCUT2D eigenvalue weighted by molar-refractivity contribution is -0.140. The number of rotatable bonds is 5. The largest absolute Gasteiger partial charge is 0.419 e. The fourth-order valence-electron chi connectivity index (χ4n) is 1.66. The molecule has 1 unspecified atom stereocenters. The van der Waals surface area contributed by atoms with E-state index < -0.39 is 23.5 Å². The summed E-state index contributed by atoms with van der Waals surface area (Å²) in [7, 11) is 0. The summed E-state index contributed by atoms with van der Waals surface area (Å²) < 4.78 is 50.8. The second-order valence-corrected chi connectivity index (χ2v) is 4.63. The van der Waals surface area contributed by atoms with Crippen molar-refractivity contribution in [1.29, 1.82) is 0 Å². The number of hydrogen-bond donors (Lipinski definition) is 1. The number of benzene rings is 1. The molecule has 0 aliphatic carbocycles. The van der Waals surface area contributed by atoms with Crippen LogP contribution in [-0.2, 0) is 6.18 Å². The van der Waals surface area contributed by atoms with Crippen molar-refractivity contribution in [2.75, 3.05) is 5.88 Å². The van der Waals surface area contributed by atoms with Crippen LogP contribution in [0.2, 0.25) is 0 Å². The molecule has 0 aliphatic heterocycles. The molecule has 0 saturated carbocycles. The van der Waals surface area contributed by atoms with E-state index in [9.17, 15) is 22.4 Å². The van der Waals surface area contributed by atoms with Crippen LogP contribution < -0.4 is 5.32 Å². The van der Waals surface area contributed by atoms with E-state index in [-0.39, 0.29) is 11.6 Å². The van der Waals surface area contributed by atoms with Gasteiger partial charge in [-0.3, -0.25) is 4.79 Å². The van der Waals surface area contributed by atoms with Crippen LogP contribution in [0.5, 0.6) is 0 Å². The Hall–Kier alpha value is -1.30. The molecule has 20 heavy (non-hydrogen) atoms. The van der Waals surface area contributed by atoms with E-state index in [0.717, 1.165) is 6.07 Å². The van der Waals surface area contributed by atoms with Gasteiger partial charge < -0.3 is 5.32 Å². The SMILES string of the molecule is CCC(CCCl)NC(=O)c1ccc(F)c(C(F)(F)F)c1. The van der Waals surface area contributed by atoms with E-state index in [1.807, 2.05) is 6.92 Å². The van der Waals surface area contributed by atoms with Gasteiger partial charge in [-0.25, -0.2) is 4.39 Å². The Kier molecular flexibility index (Phi) is 5.80. The van der Waals surface area contributed by atoms with Crippen molar-refractivity contribution >= 4 is 17.5 Å². The standard InChI is InChI=1S/C13H14ClF4NO/c1-2-9(5-6-14)19-12(20)8-3-4-11(15)10(7-8)13(16,17)18/h3-4,7,9H,2,5-6H2,1H3,(H,19,20).